The van der Waals surface area contributed by atoms with Crippen LogP contribution in [0, 0.1) is 0 Å². The summed E-state index contributed by atoms with van der Waals surface area (Å²) in [6.45, 7) is 6.73. The summed E-state index contributed by atoms with van der Waals surface area (Å²) in [7, 11) is 0. The predicted octanol–water partition coefficient (Wildman–Crippen LogP) is 2.83. The van der Waals surface area contributed by atoms with E-state index in [0.29, 0.717) is 6.54 Å². The fourth-order valence-electron chi connectivity index (χ4n) is 1.58. The third kappa shape index (κ3) is 4.16. The molecule has 0 aliphatic heterocycles. The van der Waals surface area contributed by atoms with Gasteiger partial charge in [-0.15, -0.1) is 11.8 Å². The van der Waals surface area contributed by atoms with Crippen LogP contribution in [0.25, 0.3) is 0 Å². The van der Waals surface area contributed by atoms with Gasteiger partial charge >= 0.3 is 0 Å². The number of benzene rings is 1. The van der Waals surface area contributed by atoms with E-state index in [1.807, 2.05) is 11.8 Å². The van der Waals surface area contributed by atoms with Gasteiger partial charge in [0.1, 0.15) is 0 Å². The first-order chi connectivity index (χ1) is 7.65. The molecular weight excluding hydrogens is 218 g/mol. The average Bonchev–Trinajstić information content (AvgIpc) is 2.27. The molecule has 90 valence electrons. The van der Waals surface area contributed by atoms with Gasteiger partial charge in [0.05, 0.1) is 6.10 Å². The lowest BCUT2D eigenvalue weighted by Crippen LogP contribution is -2.27. The molecule has 0 radical (unpaired) electrons. The smallest absolute Gasteiger partial charge is 0.0636 e. The van der Waals surface area contributed by atoms with Crippen LogP contribution in [0.4, 0.5) is 0 Å². The molecule has 0 fully saturated rings. The summed E-state index contributed by atoms with van der Waals surface area (Å²) in [5.41, 5.74) is 1.31. The van der Waals surface area contributed by atoms with Gasteiger partial charge in [-0.05, 0) is 31.2 Å². The minimum atomic E-state index is -0.298. The van der Waals surface area contributed by atoms with Gasteiger partial charge in [-0.1, -0.05) is 25.1 Å². The van der Waals surface area contributed by atoms with Gasteiger partial charge in [-0.3, -0.25) is 0 Å². The highest BCUT2D eigenvalue weighted by molar-refractivity contribution is 7.99. The van der Waals surface area contributed by atoms with Crippen LogP contribution < -0.4 is 5.32 Å². The van der Waals surface area contributed by atoms with Crippen LogP contribution in [0.1, 0.15) is 32.4 Å². The van der Waals surface area contributed by atoms with E-state index in [9.17, 15) is 5.11 Å². The van der Waals surface area contributed by atoms with Crippen molar-refractivity contribution >= 4 is 11.8 Å². The van der Waals surface area contributed by atoms with Gasteiger partial charge in [0.15, 0.2) is 0 Å². The van der Waals surface area contributed by atoms with Crippen LogP contribution in [0.15, 0.2) is 29.2 Å². The Kier molecular flexibility index (Phi) is 5.88. The van der Waals surface area contributed by atoms with Crippen molar-refractivity contribution < 1.29 is 5.11 Å². The van der Waals surface area contributed by atoms with Crippen molar-refractivity contribution in [2.24, 2.45) is 0 Å². The largest absolute Gasteiger partial charge is 0.392 e. The third-order valence-corrected chi connectivity index (χ3v) is 3.38. The summed E-state index contributed by atoms with van der Waals surface area (Å²) in [5, 5.41) is 12.6. The first-order valence-corrected chi connectivity index (χ1v) is 6.76. The van der Waals surface area contributed by atoms with Crippen molar-refractivity contribution in [1.82, 2.24) is 5.32 Å². The zero-order valence-corrected chi connectivity index (χ0v) is 11.1. The van der Waals surface area contributed by atoms with Gasteiger partial charge < -0.3 is 10.4 Å². The van der Waals surface area contributed by atoms with Gasteiger partial charge in [-0.2, -0.15) is 0 Å². The summed E-state index contributed by atoms with van der Waals surface area (Å²) in [5.74, 6) is 1.08. The van der Waals surface area contributed by atoms with Crippen molar-refractivity contribution in [3.05, 3.63) is 29.8 Å². The lowest BCUT2D eigenvalue weighted by molar-refractivity contribution is 0.187. The molecule has 0 saturated heterocycles. The number of aliphatic hydroxyl groups excluding tert-OH is 1. The maximum Gasteiger partial charge on any atom is 0.0636 e. The Balaban J connectivity index is 2.69. The van der Waals surface area contributed by atoms with Crippen LogP contribution in [0.3, 0.4) is 0 Å². The van der Waals surface area contributed by atoms with E-state index in [-0.39, 0.29) is 12.1 Å². The lowest BCUT2D eigenvalue weighted by Gasteiger charge is -2.18. The molecule has 0 bridgehead atoms. The minimum absolute atomic E-state index is 0.282. The second-order valence-electron chi connectivity index (χ2n) is 3.95. The van der Waals surface area contributed by atoms with Crippen LogP contribution in [0.2, 0.25) is 0 Å². The SMILES string of the molecule is CCSc1ccccc1C(C)NC[C@@H](C)O. The van der Waals surface area contributed by atoms with E-state index in [2.05, 4.69) is 43.4 Å². The molecule has 0 aliphatic rings. The van der Waals surface area contributed by atoms with Crippen LogP contribution in [0.5, 0.6) is 0 Å². The van der Waals surface area contributed by atoms with E-state index in [1.165, 1.54) is 10.5 Å². The standard InChI is InChI=1S/C13H21NOS/c1-4-16-13-8-6-5-7-12(13)11(3)14-9-10(2)15/h5-8,10-11,14-15H,4,9H2,1-3H3/t10-,11?/m1/s1. The highest BCUT2D eigenvalue weighted by Gasteiger charge is 2.10. The molecule has 1 unspecified atom stereocenters. The van der Waals surface area contributed by atoms with Crippen molar-refractivity contribution in [1.29, 1.82) is 0 Å². The summed E-state index contributed by atoms with van der Waals surface area (Å²) in [6, 6.07) is 8.73. The predicted molar refractivity (Wildman–Crippen MR) is 70.9 cm³/mol. The van der Waals surface area contributed by atoms with Gasteiger partial charge in [0, 0.05) is 17.5 Å². The fourth-order valence-corrected chi connectivity index (χ4v) is 2.48. The summed E-state index contributed by atoms with van der Waals surface area (Å²) >= 11 is 1.86. The number of hydrogen-bond donors (Lipinski definition) is 2. The molecule has 0 aromatic heterocycles. The Morgan fingerprint density at radius 1 is 1.31 bits per heavy atom. The Morgan fingerprint density at radius 3 is 2.62 bits per heavy atom. The molecular formula is C13H21NOS. The molecule has 1 aromatic rings. The highest BCUT2D eigenvalue weighted by Crippen LogP contribution is 2.26. The second-order valence-corrected chi connectivity index (χ2v) is 5.26. The van der Waals surface area contributed by atoms with Crippen molar-refractivity contribution in [3.8, 4) is 0 Å². The Bertz CT molecular complexity index is 315. The molecule has 2 N–H and O–H groups in total. The minimum Gasteiger partial charge on any atom is -0.392 e. The van der Waals surface area contributed by atoms with E-state index in [0.717, 1.165) is 5.75 Å². The monoisotopic (exact) mass is 239 g/mol. The number of rotatable bonds is 6. The van der Waals surface area contributed by atoms with Crippen LogP contribution in [-0.2, 0) is 0 Å². The highest BCUT2D eigenvalue weighted by atomic mass is 32.2. The molecule has 2 atom stereocenters. The normalized spacial score (nSPS) is 14.8. The number of aliphatic hydroxyl groups is 1. The van der Waals surface area contributed by atoms with Gasteiger partial charge in [-0.25, -0.2) is 0 Å². The summed E-state index contributed by atoms with van der Waals surface area (Å²) in [4.78, 5) is 1.33. The Hall–Kier alpha value is -0.510. The van der Waals surface area contributed by atoms with E-state index in [1.54, 1.807) is 6.92 Å². The summed E-state index contributed by atoms with van der Waals surface area (Å²) in [6.07, 6.45) is -0.298. The van der Waals surface area contributed by atoms with Crippen LogP contribution >= 0.6 is 11.8 Å². The average molecular weight is 239 g/mol. The van der Waals surface area contributed by atoms with Gasteiger partial charge in [0.2, 0.25) is 0 Å². The first-order valence-electron chi connectivity index (χ1n) is 5.78. The number of nitrogens with one attached hydrogen (secondary N) is 1. The molecule has 3 heteroatoms. The summed E-state index contributed by atoms with van der Waals surface area (Å²) < 4.78 is 0. The molecule has 1 rings (SSSR count). The number of hydrogen-bond acceptors (Lipinski definition) is 3. The molecule has 1 aromatic carbocycles. The molecule has 0 amide bonds. The van der Waals surface area contributed by atoms with Crippen LogP contribution in [-0.4, -0.2) is 23.5 Å². The first kappa shape index (κ1) is 13.6. The van der Waals surface area contributed by atoms with Crippen molar-refractivity contribution in [2.75, 3.05) is 12.3 Å². The Morgan fingerprint density at radius 2 is 2.00 bits per heavy atom. The van der Waals surface area contributed by atoms with Crippen molar-refractivity contribution in [3.63, 3.8) is 0 Å². The van der Waals surface area contributed by atoms with E-state index in [4.69, 9.17) is 0 Å². The van der Waals surface area contributed by atoms with E-state index < -0.39 is 0 Å². The maximum atomic E-state index is 9.25. The number of thioether (sulfide) groups is 1. The molecule has 0 spiro atoms. The second kappa shape index (κ2) is 6.94. The zero-order valence-electron chi connectivity index (χ0n) is 10.2. The molecule has 2 nitrogen and oxygen atoms in total. The van der Waals surface area contributed by atoms with Gasteiger partial charge in [0.25, 0.3) is 0 Å². The topological polar surface area (TPSA) is 32.3 Å². The molecule has 0 heterocycles. The molecule has 0 saturated carbocycles. The zero-order chi connectivity index (χ0) is 12.0. The van der Waals surface area contributed by atoms with E-state index >= 15 is 0 Å². The Labute approximate surface area is 102 Å². The molecule has 0 aliphatic carbocycles. The fraction of sp³-hybridized carbons (Fsp3) is 0.538. The quantitative estimate of drug-likeness (QED) is 0.749. The molecule has 16 heavy (non-hydrogen) atoms. The van der Waals surface area contributed by atoms with Crippen molar-refractivity contribution in [2.45, 2.75) is 37.8 Å². The third-order valence-electron chi connectivity index (χ3n) is 2.40. The maximum absolute atomic E-state index is 9.25. The lowest BCUT2D eigenvalue weighted by atomic mass is 10.1.